The number of likely N-dealkylation sites (N-methyl/N-ethyl adjacent to an activating group) is 1. The number of hydrogen-bond donors (Lipinski definition) is 0. The number of likely N-dealkylation sites (tertiary alicyclic amines) is 2. The minimum absolute atomic E-state index is 0.118. The zero-order valence-electron chi connectivity index (χ0n) is 23.3. The molecule has 3 aromatic rings. The lowest BCUT2D eigenvalue weighted by Gasteiger charge is -2.35. The summed E-state index contributed by atoms with van der Waals surface area (Å²) in [6, 6.07) is 9.92. The second-order valence-corrected chi connectivity index (χ2v) is 10.8. The zero-order chi connectivity index (χ0) is 28.5. The van der Waals surface area contributed by atoms with Crippen molar-refractivity contribution in [3.63, 3.8) is 0 Å². The van der Waals surface area contributed by atoms with Crippen LogP contribution >= 0.6 is 11.6 Å². The maximum atomic E-state index is 13.7. The van der Waals surface area contributed by atoms with Gasteiger partial charge in [-0.15, -0.1) is 0 Å². The molecule has 5 rings (SSSR count). The average Bonchev–Trinajstić information content (AvgIpc) is 3.63. The fourth-order valence-electron chi connectivity index (χ4n) is 5.78. The molecule has 2 aliphatic rings. The quantitative estimate of drug-likeness (QED) is 0.323. The highest BCUT2D eigenvalue weighted by atomic mass is 35.5. The van der Waals surface area contributed by atoms with Gasteiger partial charge in [-0.3, -0.25) is 19.3 Å². The van der Waals surface area contributed by atoms with E-state index in [0.29, 0.717) is 41.1 Å². The molecule has 2 saturated heterocycles. The van der Waals surface area contributed by atoms with Crippen molar-refractivity contribution in [1.82, 2.24) is 19.3 Å². The van der Waals surface area contributed by atoms with Crippen LogP contribution in [0.1, 0.15) is 59.4 Å². The van der Waals surface area contributed by atoms with Gasteiger partial charge in [0.2, 0.25) is 0 Å². The van der Waals surface area contributed by atoms with Crippen LogP contribution in [0.4, 0.5) is 4.39 Å². The van der Waals surface area contributed by atoms with E-state index in [-0.39, 0.29) is 22.8 Å². The lowest BCUT2D eigenvalue weighted by Crippen LogP contribution is -2.46. The molecule has 0 N–H and O–H groups in total. The molecule has 2 fully saturated rings. The van der Waals surface area contributed by atoms with E-state index in [9.17, 15) is 18.8 Å². The molecule has 0 saturated carbocycles. The normalized spacial score (nSPS) is 18.9. The molecule has 9 heteroatoms. The number of carbonyl (C=O) groups excluding carboxylic acids is 3. The molecule has 0 bridgehead atoms. The van der Waals surface area contributed by atoms with Crippen molar-refractivity contribution in [2.75, 3.05) is 33.7 Å². The number of carbonyl (C=O) groups is 3. The average molecular weight is 555 g/mol. The highest BCUT2D eigenvalue weighted by Crippen LogP contribution is 2.40. The van der Waals surface area contributed by atoms with Crippen LogP contribution in [-0.2, 0) is 18.4 Å². The van der Waals surface area contributed by atoms with Crippen LogP contribution in [0.25, 0.3) is 10.9 Å². The van der Waals surface area contributed by atoms with Gasteiger partial charge in [0, 0.05) is 57.9 Å². The standard InChI is InChI=1S/C28H30ClFN4O3.C2H6/c1-31(2)27(37)25(35)22-16-32(3)24-14-23(29)21(13-20(22)24)26(36)33-12-10-28(17-33)9-4-11-34(28)15-18-5-7-19(30)8-6-18;1-2/h5-8,13-14,16H,4,9-12,15,17H2,1-3H3;1-2H3. The Labute approximate surface area is 234 Å². The monoisotopic (exact) mass is 554 g/mol. The number of Topliss-reactive ketones (excluding diaryl/α,β-unsaturated/α-hetero) is 1. The summed E-state index contributed by atoms with van der Waals surface area (Å²) in [5, 5.41) is 0.843. The van der Waals surface area contributed by atoms with Gasteiger partial charge in [0.15, 0.2) is 0 Å². The van der Waals surface area contributed by atoms with E-state index in [0.717, 1.165) is 31.4 Å². The molecule has 1 spiro atoms. The Morgan fingerprint density at radius 2 is 1.72 bits per heavy atom. The van der Waals surface area contributed by atoms with Gasteiger partial charge in [-0.05, 0) is 55.6 Å². The SMILES string of the molecule is CC.CN(C)C(=O)C(=O)c1cn(C)c2cc(Cl)c(C(=O)N3CCC4(CCCN4Cc4ccc(F)cc4)C3)cc12. The summed E-state index contributed by atoms with van der Waals surface area (Å²) < 4.78 is 15.1. The summed E-state index contributed by atoms with van der Waals surface area (Å²) in [6.45, 7) is 6.83. The minimum atomic E-state index is -0.626. The van der Waals surface area contributed by atoms with Gasteiger partial charge in [0.05, 0.1) is 21.7 Å². The smallest absolute Gasteiger partial charge is 0.294 e. The van der Waals surface area contributed by atoms with Crippen molar-refractivity contribution in [3.05, 3.63) is 70.1 Å². The van der Waals surface area contributed by atoms with Crippen LogP contribution in [0.2, 0.25) is 5.02 Å². The van der Waals surface area contributed by atoms with Crippen LogP contribution in [0.3, 0.4) is 0 Å². The first-order chi connectivity index (χ1) is 18.6. The topological polar surface area (TPSA) is 65.9 Å². The summed E-state index contributed by atoms with van der Waals surface area (Å²) in [5.74, 6) is -1.68. The predicted molar refractivity (Wildman–Crippen MR) is 152 cm³/mol. The third-order valence-corrected chi connectivity index (χ3v) is 8.11. The van der Waals surface area contributed by atoms with Crippen molar-refractivity contribution in [2.24, 2.45) is 7.05 Å². The molecule has 3 heterocycles. The molecule has 7 nitrogen and oxygen atoms in total. The number of aryl methyl sites for hydroxylation is 1. The molecule has 0 radical (unpaired) electrons. The Kier molecular flexibility index (Phi) is 8.47. The fraction of sp³-hybridized carbons (Fsp3) is 0.433. The molecule has 39 heavy (non-hydrogen) atoms. The molecule has 2 aliphatic heterocycles. The maximum Gasteiger partial charge on any atom is 0.294 e. The Hall–Kier alpha value is -3.23. The largest absolute Gasteiger partial charge is 0.350 e. The first-order valence-corrected chi connectivity index (χ1v) is 13.8. The molecular formula is C30H36ClFN4O3. The third kappa shape index (κ3) is 5.45. The van der Waals surface area contributed by atoms with E-state index in [1.807, 2.05) is 30.9 Å². The maximum absolute atomic E-state index is 13.7. The van der Waals surface area contributed by atoms with Gasteiger partial charge in [-0.1, -0.05) is 37.6 Å². The number of aromatic nitrogens is 1. The van der Waals surface area contributed by atoms with E-state index < -0.39 is 11.7 Å². The van der Waals surface area contributed by atoms with Gasteiger partial charge in [-0.25, -0.2) is 4.39 Å². The number of amides is 2. The number of nitrogens with zero attached hydrogens (tertiary/aromatic N) is 4. The van der Waals surface area contributed by atoms with Crippen LogP contribution < -0.4 is 0 Å². The first kappa shape index (κ1) is 28.8. The number of benzene rings is 2. The molecule has 1 unspecified atom stereocenters. The predicted octanol–water partition coefficient (Wildman–Crippen LogP) is 5.15. The Balaban J connectivity index is 0.00000172. The first-order valence-electron chi connectivity index (χ1n) is 13.4. The third-order valence-electron chi connectivity index (χ3n) is 7.80. The second-order valence-electron chi connectivity index (χ2n) is 10.4. The molecule has 0 aliphatic carbocycles. The van der Waals surface area contributed by atoms with Gasteiger partial charge in [0.25, 0.3) is 17.6 Å². The number of fused-ring (bicyclic) bond motifs is 1. The van der Waals surface area contributed by atoms with Gasteiger partial charge in [0.1, 0.15) is 5.82 Å². The van der Waals surface area contributed by atoms with E-state index in [4.69, 9.17) is 11.6 Å². The zero-order valence-corrected chi connectivity index (χ0v) is 24.0. The Bertz CT molecular complexity index is 1400. The van der Waals surface area contributed by atoms with Crippen molar-refractivity contribution < 1.29 is 18.8 Å². The van der Waals surface area contributed by atoms with E-state index in [1.165, 1.54) is 31.1 Å². The summed E-state index contributed by atoms with van der Waals surface area (Å²) in [4.78, 5) is 44.4. The number of rotatable bonds is 5. The summed E-state index contributed by atoms with van der Waals surface area (Å²) in [7, 11) is 4.84. The minimum Gasteiger partial charge on any atom is -0.350 e. The molecule has 2 amide bonds. The molecule has 1 aromatic heterocycles. The molecule has 2 aromatic carbocycles. The number of hydrogen-bond acceptors (Lipinski definition) is 4. The lowest BCUT2D eigenvalue weighted by molar-refractivity contribution is -0.124. The van der Waals surface area contributed by atoms with Crippen molar-refractivity contribution >= 4 is 40.1 Å². The van der Waals surface area contributed by atoms with Crippen molar-refractivity contribution in [2.45, 2.75) is 45.2 Å². The van der Waals surface area contributed by atoms with Crippen LogP contribution in [0.5, 0.6) is 0 Å². The van der Waals surface area contributed by atoms with Gasteiger partial charge in [-0.2, -0.15) is 0 Å². The lowest BCUT2D eigenvalue weighted by atomic mass is 9.94. The van der Waals surface area contributed by atoms with Crippen LogP contribution in [-0.4, -0.2) is 76.1 Å². The van der Waals surface area contributed by atoms with E-state index in [1.54, 1.807) is 29.9 Å². The highest BCUT2D eigenvalue weighted by molar-refractivity contribution is 6.45. The number of ketones is 1. The Morgan fingerprint density at radius 3 is 2.38 bits per heavy atom. The molecule has 1 atom stereocenters. The number of halogens is 2. The van der Waals surface area contributed by atoms with Crippen molar-refractivity contribution in [3.8, 4) is 0 Å². The van der Waals surface area contributed by atoms with Gasteiger partial charge < -0.3 is 14.4 Å². The fourth-order valence-corrected chi connectivity index (χ4v) is 6.02. The van der Waals surface area contributed by atoms with E-state index >= 15 is 0 Å². The Morgan fingerprint density at radius 1 is 1.03 bits per heavy atom. The highest BCUT2D eigenvalue weighted by Gasteiger charge is 2.47. The molecular weight excluding hydrogens is 519 g/mol. The van der Waals surface area contributed by atoms with Crippen LogP contribution in [0.15, 0.2) is 42.6 Å². The summed E-state index contributed by atoms with van der Waals surface area (Å²) in [5.41, 5.74) is 2.19. The van der Waals surface area contributed by atoms with Crippen molar-refractivity contribution in [1.29, 1.82) is 0 Å². The second kappa shape index (κ2) is 11.5. The van der Waals surface area contributed by atoms with Crippen LogP contribution in [0, 0.1) is 5.82 Å². The summed E-state index contributed by atoms with van der Waals surface area (Å²) in [6.07, 6.45) is 4.50. The summed E-state index contributed by atoms with van der Waals surface area (Å²) >= 11 is 6.59. The molecule has 208 valence electrons. The van der Waals surface area contributed by atoms with Gasteiger partial charge >= 0.3 is 0 Å². The van der Waals surface area contributed by atoms with E-state index in [2.05, 4.69) is 4.90 Å².